The second kappa shape index (κ2) is 7.68. The molecule has 0 saturated heterocycles. The highest BCUT2D eigenvalue weighted by molar-refractivity contribution is 7.93. The number of hydroxylamine groups is 1. The normalized spacial score (nSPS) is 17.9. The molecule has 0 aliphatic heterocycles. The van der Waals surface area contributed by atoms with Gasteiger partial charge in [-0.25, -0.2) is 13.2 Å². The Balaban J connectivity index is 1.74. The third-order valence-electron chi connectivity index (χ3n) is 3.99. The SMILES string of the molecule is CS(=O)(CCNc1nonc1C(=NC1Cc2ccc(F)cc21)NO)=NC#N. The molecule has 0 bridgehead atoms. The number of hydrogen-bond donors (Lipinski definition) is 3. The zero-order chi connectivity index (χ0) is 19.4. The number of fused-ring (bicyclic) bond motifs is 1. The van der Waals surface area contributed by atoms with E-state index in [0.717, 1.165) is 11.1 Å². The lowest BCUT2D eigenvalue weighted by Crippen LogP contribution is -2.26. The molecule has 142 valence electrons. The van der Waals surface area contributed by atoms with Gasteiger partial charge >= 0.3 is 0 Å². The highest BCUT2D eigenvalue weighted by atomic mass is 32.2. The minimum atomic E-state index is -2.63. The van der Waals surface area contributed by atoms with E-state index in [2.05, 4.69) is 29.6 Å². The molecular weight excluding hydrogens is 377 g/mol. The van der Waals surface area contributed by atoms with Crippen molar-refractivity contribution in [2.75, 3.05) is 23.9 Å². The third kappa shape index (κ3) is 4.21. The van der Waals surface area contributed by atoms with E-state index in [1.807, 2.05) is 5.48 Å². The summed E-state index contributed by atoms with van der Waals surface area (Å²) in [4.78, 5) is 4.34. The van der Waals surface area contributed by atoms with Gasteiger partial charge in [0.25, 0.3) is 0 Å². The van der Waals surface area contributed by atoms with E-state index >= 15 is 0 Å². The number of hydrogen-bond acceptors (Lipinski definition) is 9. The molecule has 0 amide bonds. The molecule has 0 radical (unpaired) electrons. The maximum Gasteiger partial charge on any atom is 0.214 e. The van der Waals surface area contributed by atoms with Gasteiger partial charge in [0.15, 0.2) is 11.5 Å². The summed E-state index contributed by atoms with van der Waals surface area (Å²) >= 11 is 0. The van der Waals surface area contributed by atoms with Crippen LogP contribution in [-0.4, -0.2) is 44.1 Å². The minimum absolute atomic E-state index is 0.00222. The van der Waals surface area contributed by atoms with Crippen LogP contribution in [0.5, 0.6) is 0 Å². The number of rotatable bonds is 6. The molecular formula is C15H16FN7O3S. The van der Waals surface area contributed by atoms with Gasteiger partial charge in [-0.05, 0) is 40.0 Å². The highest BCUT2D eigenvalue weighted by Crippen LogP contribution is 2.36. The molecule has 3 rings (SSSR count). The second-order valence-electron chi connectivity index (χ2n) is 5.90. The van der Waals surface area contributed by atoms with E-state index in [1.54, 1.807) is 6.07 Å². The number of amidine groups is 1. The average Bonchev–Trinajstić information content (AvgIpc) is 3.06. The molecule has 2 aromatic rings. The Labute approximate surface area is 154 Å². The number of nitrogens with one attached hydrogen (secondary N) is 2. The number of nitrogens with zero attached hydrogens (tertiary/aromatic N) is 5. The molecule has 0 saturated carbocycles. The van der Waals surface area contributed by atoms with Crippen LogP contribution in [0.2, 0.25) is 0 Å². The van der Waals surface area contributed by atoms with Crippen LogP contribution in [0.25, 0.3) is 0 Å². The van der Waals surface area contributed by atoms with E-state index < -0.39 is 9.73 Å². The van der Waals surface area contributed by atoms with Gasteiger partial charge in [-0.1, -0.05) is 6.07 Å². The van der Waals surface area contributed by atoms with Crippen LogP contribution in [-0.2, 0) is 16.1 Å². The Hall–Kier alpha value is -3.04. The number of anilines is 1. The molecule has 0 spiro atoms. The maximum absolute atomic E-state index is 13.4. The van der Waals surface area contributed by atoms with Crippen LogP contribution in [0.15, 0.2) is 32.2 Å². The first-order valence-electron chi connectivity index (χ1n) is 7.84. The zero-order valence-corrected chi connectivity index (χ0v) is 15.0. The first-order chi connectivity index (χ1) is 12.9. The lowest BCUT2D eigenvalue weighted by Gasteiger charge is -2.27. The van der Waals surface area contributed by atoms with Crippen molar-refractivity contribution in [2.24, 2.45) is 9.36 Å². The van der Waals surface area contributed by atoms with E-state index in [4.69, 9.17) is 5.26 Å². The quantitative estimate of drug-likeness (QED) is 0.287. The largest absolute Gasteiger partial charge is 0.364 e. The van der Waals surface area contributed by atoms with Gasteiger partial charge in [-0.2, -0.15) is 5.26 Å². The average molecular weight is 393 g/mol. The molecule has 10 nitrogen and oxygen atoms in total. The lowest BCUT2D eigenvalue weighted by molar-refractivity contribution is 0.232. The minimum Gasteiger partial charge on any atom is -0.364 e. The highest BCUT2D eigenvalue weighted by Gasteiger charge is 2.28. The van der Waals surface area contributed by atoms with Gasteiger partial charge in [-0.3, -0.25) is 15.7 Å². The molecule has 2 atom stereocenters. The first-order valence-corrected chi connectivity index (χ1v) is 9.93. The van der Waals surface area contributed by atoms with Gasteiger partial charge in [0, 0.05) is 18.6 Å². The Morgan fingerprint density at radius 3 is 3.11 bits per heavy atom. The number of aliphatic imine (C=N–C) groups is 1. The number of aromatic nitrogens is 2. The Kier molecular flexibility index (Phi) is 5.33. The molecule has 0 fully saturated rings. The van der Waals surface area contributed by atoms with Crippen LogP contribution >= 0.6 is 0 Å². The molecule has 3 N–H and O–H groups in total. The van der Waals surface area contributed by atoms with Gasteiger partial charge in [-0.15, -0.1) is 4.36 Å². The fraction of sp³-hybridized carbons (Fsp3) is 0.333. The van der Waals surface area contributed by atoms with Crippen molar-refractivity contribution in [2.45, 2.75) is 12.5 Å². The van der Waals surface area contributed by atoms with E-state index in [-0.39, 0.29) is 41.5 Å². The Bertz CT molecular complexity index is 1040. The van der Waals surface area contributed by atoms with Gasteiger partial charge in [0.05, 0.1) is 15.8 Å². The summed E-state index contributed by atoms with van der Waals surface area (Å²) in [7, 11) is -2.63. The van der Waals surface area contributed by atoms with Crippen LogP contribution in [0.1, 0.15) is 22.9 Å². The topological polar surface area (TPSA) is 149 Å². The van der Waals surface area contributed by atoms with Crippen molar-refractivity contribution in [3.63, 3.8) is 0 Å². The van der Waals surface area contributed by atoms with Crippen molar-refractivity contribution in [1.82, 2.24) is 15.8 Å². The van der Waals surface area contributed by atoms with Gasteiger partial charge in [0.1, 0.15) is 5.82 Å². The Morgan fingerprint density at radius 1 is 1.56 bits per heavy atom. The standard InChI is InChI=1S/C15H16FN7O3S/c1-27(25,19-8-17)5-4-18-14-13(22-26-23-14)15(21-24)20-12-6-9-2-3-10(16)7-11(9)12/h2-3,7,12,24H,4-6H2,1H3,(H,18,23)(H,20,21). The van der Waals surface area contributed by atoms with Crippen molar-refractivity contribution >= 4 is 21.4 Å². The molecule has 1 aliphatic rings. The summed E-state index contributed by atoms with van der Waals surface area (Å²) in [6.07, 6.45) is 3.49. The van der Waals surface area contributed by atoms with Crippen LogP contribution in [0.4, 0.5) is 10.2 Å². The molecule has 1 heterocycles. The molecule has 1 aromatic heterocycles. The van der Waals surface area contributed by atoms with Gasteiger partial charge < -0.3 is 5.32 Å². The zero-order valence-electron chi connectivity index (χ0n) is 14.2. The molecule has 1 aromatic carbocycles. The van der Waals surface area contributed by atoms with Crippen LogP contribution in [0, 0.1) is 17.3 Å². The van der Waals surface area contributed by atoms with Crippen molar-refractivity contribution < 1.29 is 18.4 Å². The number of benzene rings is 1. The summed E-state index contributed by atoms with van der Waals surface area (Å²) in [5, 5.41) is 28.2. The molecule has 27 heavy (non-hydrogen) atoms. The van der Waals surface area contributed by atoms with Crippen molar-refractivity contribution in [1.29, 1.82) is 5.26 Å². The van der Waals surface area contributed by atoms with Crippen molar-refractivity contribution in [3.05, 3.63) is 40.8 Å². The number of nitriles is 1. The number of halogens is 1. The predicted molar refractivity (Wildman–Crippen MR) is 94.1 cm³/mol. The van der Waals surface area contributed by atoms with Crippen LogP contribution in [0.3, 0.4) is 0 Å². The van der Waals surface area contributed by atoms with Gasteiger partial charge in [0.2, 0.25) is 12.0 Å². The smallest absolute Gasteiger partial charge is 0.214 e. The van der Waals surface area contributed by atoms with E-state index in [1.165, 1.54) is 24.6 Å². The lowest BCUT2D eigenvalue weighted by atomic mass is 9.83. The van der Waals surface area contributed by atoms with E-state index in [9.17, 15) is 13.8 Å². The second-order valence-corrected chi connectivity index (χ2v) is 8.41. The third-order valence-corrected chi connectivity index (χ3v) is 5.42. The monoisotopic (exact) mass is 393 g/mol. The summed E-state index contributed by atoms with van der Waals surface area (Å²) in [6, 6.07) is 4.15. The van der Waals surface area contributed by atoms with Crippen LogP contribution < -0.4 is 10.8 Å². The Morgan fingerprint density at radius 2 is 2.37 bits per heavy atom. The summed E-state index contributed by atoms with van der Waals surface area (Å²) in [5.74, 6) is -0.0938. The summed E-state index contributed by atoms with van der Waals surface area (Å²) in [5.41, 5.74) is 3.78. The first kappa shape index (κ1) is 18.7. The van der Waals surface area contributed by atoms with E-state index in [0.29, 0.717) is 6.42 Å². The fourth-order valence-electron chi connectivity index (χ4n) is 2.61. The fourth-order valence-corrected chi connectivity index (χ4v) is 3.36. The maximum atomic E-state index is 13.4. The molecule has 2 unspecified atom stereocenters. The molecule has 12 heteroatoms. The molecule has 1 aliphatic carbocycles. The summed E-state index contributed by atoms with van der Waals surface area (Å²) < 4.78 is 33.4. The summed E-state index contributed by atoms with van der Waals surface area (Å²) in [6.45, 7) is 0.178. The van der Waals surface area contributed by atoms with Crippen molar-refractivity contribution in [3.8, 4) is 6.19 Å². The predicted octanol–water partition coefficient (Wildman–Crippen LogP) is 1.22.